The lowest BCUT2D eigenvalue weighted by atomic mass is 9.75. The van der Waals surface area contributed by atoms with E-state index in [1.54, 1.807) is 6.07 Å². The Labute approximate surface area is 119 Å². The fourth-order valence-corrected chi connectivity index (χ4v) is 3.72. The minimum atomic E-state index is 0.416. The molecule has 0 bridgehead atoms. The largest absolute Gasteiger partial charge is 0.356 e. The molecule has 2 fully saturated rings. The van der Waals surface area contributed by atoms with Crippen LogP contribution in [-0.4, -0.2) is 18.1 Å². The second kappa shape index (κ2) is 5.38. The summed E-state index contributed by atoms with van der Waals surface area (Å²) in [7, 11) is 0. The number of nitrogens with zero attached hydrogens (tertiary/aromatic N) is 3. The Kier molecular flexibility index (Phi) is 3.61. The Hall–Kier alpha value is -1.27. The van der Waals surface area contributed by atoms with E-state index >= 15 is 0 Å². The van der Waals surface area contributed by atoms with Crippen molar-refractivity contribution in [3.63, 3.8) is 0 Å². The van der Waals surface area contributed by atoms with Gasteiger partial charge in [0.15, 0.2) is 0 Å². The van der Waals surface area contributed by atoms with Crippen LogP contribution in [0.5, 0.6) is 0 Å². The van der Waals surface area contributed by atoms with Gasteiger partial charge < -0.3 is 4.90 Å². The van der Waals surface area contributed by atoms with Gasteiger partial charge in [0.2, 0.25) is 0 Å². The highest BCUT2D eigenvalue weighted by molar-refractivity contribution is 6.29. The highest BCUT2D eigenvalue weighted by Gasteiger charge is 2.31. The number of pyridine rings is 1. The number of hydrogen-bond donors (Lipinski definition) is 0. The molecule has 1 saturated carbocycles. The molecule has 2 aliphatic rings. The summed E-state index contributed by atoms with van der Waals surface area (Å²) in [5, 5.41) is 9.43. The fraction of sp³-hybridized carbons (Fsp3) is 0.600. The van der Waals surface area contributed by atoms with Gasteiger partial charge in [0.1, 0.15) is 11.0 Å². The zero-order chi connectivity index (χ0) is 13.2. The first-order valence-corrected chi connectivity index (χ1v) is 7.46. The maximum absolute atomic E-state index is 9.02. The number of nitriles is 1. The van der Waals surface area contributed by atoms with Gasteiger partial charge in [-0.05, 0) is 36.8 Å². The molecule has 0 amide bonds. The summed E-state index contributed by atoms with van der Waals surface area (Å²) >= 11 is 6.00. The van der Waals surface area contributed by atoms with Crippen molar-refractivity contribution >= 4 is 17.4 Å². The van der Waals surface area contributed by atoms with Crippen molar-refractivity contribution in [2.45, 2.75) is 32.1 Å². The van der Waals surface area contributed by atoms with Crippen molar-refractivity contribution in [1.82, 2.24) is 4.98 Å². The molecule has 1 aliphatic heterocycles. The topological polar surface area (TPSA) is 39.9 Å². The second-order valence-electron chi connectivity index (χ2n) is 5.69. The van der Waals surface area contributed by atoms with Gasteiger partial charge in [-0.1, -0.05) is 30.9 Å². The van der Waals surface area contributed by atoms with Crippen LogP contribution in [0.25, 0.3) is 0 Å². The SMILES string of the molecule is N#Cc1cc(Cl)nc(N2CCC3CCCCC3C2)c1. The number of fused-ring (bicyclic) bond motifs is 1. The Balaban J connectivity index is 1.79. The molecule has 1 aromatic rings. The molecule has 0 radical (unpaired) electrons. The second-order valence-corrected chi connectivity index (χ2v) is 6.08. The van der Waals surface area contributed by atoms with E-state index in [1.165, 1.54) is 32.1 Å². The summed E-state index contributed by atoms with van der Waals surface area (Å²) in [5.74, 6) is 2.57. The summed E-state index contributed by atoms with van der Waals surface area (Å²) in [5.41, 5.74) is 0.598. The summed E-state index contributed by atoms with van der Waals surface area (Å²) in [6.45, 7) is 2.11. The molecule has 3 nitrogen and oxygen atoms in total. The molecule has 19 heavy (non-hydrogen) atoms. The molecule has 2 atom stereocenters. The summed E-state index contributed by atoms with van der Waals surface area (Å²) in [6.07, 6.45) is 6.75. The molecule has 0 N–H and O–H groups in total. The van der Waals surface area contributed by atoms with Gasteiger partial charge in [0.05, 0.1) is 11.6 Å². The number of aromatic nitrogens is 1. The van der Waals surface area contributed by atoms with Crippen LogP contribution in [0.3, 0.4) is 0 Å². The maximum atomic E-state index is 9.02. The lowest BCUT2D eigenvalue weighted by Crippen LogP contribution is -2.42. The van der Waals surface area contributed by atoms with E-state index in [2.05, 4.69) is 16.0 Å². The molecule has 2 unspecified atom stereocenters. The van der Waals surface area contributed by atoms with E-state index in [1.807, 2.05) is 6.07 Å². The molecule has 100 valence electrons. The molecule has 2 heterocycles. The minimum Gasteiger partial charge on any atom is -0.356 e. The van der Waals surface area contributed by atoms with Crippen molar-refractivity contribution in [2.24, 2.45) is 11.8 Å². The van der Waals surface area contributed by atoms with Gasteiger partial charge in [0.25, 0.3) is 0 Å². The molecule has 3 rings (SSSR count). The predicted octanol–water partition coefficient (Wildman–Crippen LogP) is 3.62. The van der Waals surface area contributed by atoms with Crippen molar-refractivity contribution < 1.29 is 0 Å². The van der Waals surface area contributed by atoms with Crippen LogP contribution in [0.1, 0.15) is 37.7 Å². The zero-order valence-electron chi connectivity index (χ0n) is 11.0. The number of hydrogen-bond acceptors (Lipinski definition) is 3. The van der Waals surface area contributed by atoms with Gasteiger partial charge in [-0.25, -0.2) is 4.98 Å². The van der Waals surface area contributed by atoms with E-state index in [9.17, 15) is 0 Å². The number of anilines is 1. The van der Waals surface area contributed by atoms with E-state index in [-0.39, 0.29) is 0 Å². The van der Waals surface area contributed by atoms with E-state index in [0.717, 1.165) is 30.7 Å². The molecule has 1 aliphatic carbocycles. The quantitative estimate of drug-likeness (QED) is 0.735. The normalized spacial score (nSPS) is 26.6. The summed E-state index contributed by atoms with van der Waals surface area (Å²) < 4.78 is 0. The molecule has 0 spiro atoms. The first-order valence-electron chi connectivity index (χ1n) is 7.09. The van der Waals surface area contributed by atoms with Gasteiger partial charge in [-0.3, -0.25) is 0 Å². The summed E-state index contributed by atoms with van der Waals surface area (Å²) in [4.78, 5) is 6.69. The van der Waals surface area contributed by atoms with E-state index < -0.39 is 0 Å². The van der Waals surface area contributed by atoms with Gasteiger partial charge >= 0.3 is 0 Å². The van der Waals surface area contributed by atoms with Crippen molar-refractivity contribution in [1.29, 1.82) is 5.26 Å². The van der Waals surface area contributed by atoms with Crippen LogP contribution < -0.4 is 4.90 Å². The molecule has 4 heteroatoms. The smallest absolute Gasteiger partial charge is 0.132 e. The Bertz CT molecular complexity index is 509. The van der Waals surface area contributed by atoms with Crippen molar-refractivity contribution in [3.8, 4) is 6.07 Å². The van der Waals surface area contributed by atoms with E-state index in [0.29, 0.717) is 10.7 Å². The van der Waals surface area contributed by atoms with Crippen LogP contribution >= 0.6 is 11.6 Å². The third-order valence-corrected chi connectivity index (χ3v) is 4.72. The monoisotopic (exact) mass is 275 g/mol. The van der Waals surface area contributed by atoms with Crippen LogP contribution in [-0.2, 0) is 0 Å². The Morgan fingerprint density at radius 1 is 1.21 bits per heavy atom. The number of piperidine rings is 1. The van der Waals surface area contributed by atoms with Gasteiger partial charge in [-0.15, -0.1) is 0 Å². The fourth-order valence-electron chi connectivity index (χ4n) is 3.52. The van der Waals surface area contributed by atoms with Crippen LogP contribution in [0, 0.1) is 23.2 Å². The summed E-state index contributed by atoms with van der Waals surface area (Å²) in [6, 6.07) is 5.63. The van der Waals surface area contributed by atoms with Crippen LogP contribution in [0.2, 0.25) is 5.15 Å². The standard InChI is InChI=1S/C15H18ClN3/c16-14-7-11(9-17)8-15(18-14)19-6-5-12-3-1-2-4-13(12)10-19/h7-8,12-13H,1-6,10H2. The van der Waals surface area contributed by atoms with Crippen LogP contribution in [0.4, 0.5) is 5.82 Å². The molecule has 0 aromatic carbocycles. The van der Waals surface area contributed by atoms with E-state index in [4.69, 9.17) is 16.9 Å². The molecular formula is C15H18ClN3. The maximum Gasteiger partial charge on any atom is 0.132 e. The highest BCUT2D eigenvalue weighted by Crippen LogP contribution is 2.37. The average Bonchev–Trinajstić information content (AvgIpc) is 2.46. The predicted molar refractivity (Wildman–Crippen MR) is 76.2 cm³/mol. The van der Waals surface area contributed by atoms with Crippen molar-refractivity contribution in [2.75, 3.05) is 18.0 Å². The molecule has 1 aromatic heterocycles. The third-order valence-electron chi connectivity index (χ3n) is 4.52. The molecule has 1 saturated heterocycles. The Morgan fingerprint density at radius 3 is 2.79 bits per heavy atom. The van der Waals surface area contributed by atoms with Crippen molar-refractivity contribution in [3.05, 3.63) is 22.8 Å². The van der Waals surface area contributed by atoms with Crippen LogP contribution in [0.15, 0.2) is 12.1 Å². The first-order chi connectivity index (χ1) is 9.26. The zero-order valence-corrected chi connectivity index (χ0v) is 11.7. The highest BCUT2D eigenvalue weighted by atomic mass is 35.5. The lowest BCUT2D eigenvalue weighted by Gasteiger charge is -2.41. The number of rotatable bonds is 1. The minimum absolute atomic E-state index is 0.416. The lowest BCUT2D eigenvalue weighted by molar-refractivity contribution is 0.202. The van der Waals surface area contributed by atoms with Gasteiger partial charge in [0, 0.05) is 13.1 Å². The third kappa shape index (κ3) is 2.69. The molecular weight excluding hydrogens is 258 g/mol. The first kappa shape index (κ1) is 12.7. The average molecular weight is 276 g/mol. The van der Waals surface area contributed by atoms with Gasteiger partial charge in [-0.2, -0.15) is 5.26 Å². The Morgan fingerprint density at radius 2 is 2.00 bits per heavy atom. The number of halogens is 1.